The summed E-state index contributed by atoms with van der Waals surface area (Å²) in [6.07, 6.45) is 1.08. The van der Waals surface area contributed by atoms with E-state index in [0.717, 1.165) is 12.2 Å². The molecular weight excluding hydrogens is 302 g/mol. The third-order valence-corrected chi connectivity index (χ3v) is 3.62. The van der Waals surface area contributed by atoms with Crippen LogP contribution < -0.4 is 5.73 Å². The maximum Gasteiger partial charge on any atom is 0.325 e. The summed E-state index contributed by atoms with van der Waals surface area (Å²) in [5, 5.41) is 19.6. The summed E-state index contributed by atoms with van der Waals surface area (Å²) in [6, 6.07) is 8.29. The fraction of sp³-hybridized carbons (Fsp3) is 0.429. The first-order chi connectivity index (χ1) is 10.6. The molecule has 2 rings (SSSR count). The van der Waals surface area contributed by atoms with Gasteiger partial charge in [0.2, 0.25) is 5.16 Å². The third-order valence-electron chi connectivity index (χ3n) is 2.78. The van der Waals surface area contributed by atoms with Gasteiger partial charge in [0, 0.05) is 6.54 Å². The van der Waals surface area contributed by atoms with E-state index in [9.17, 15) is 4.79 Å². The molecule has 0 unspecified atom stereocenters. The molecule has 0 amide bonds. The quantitative estimate of drug-likeness (QED) is 0.777. The Morgan fingerprint density at radius 2 is 2.00 bits per heavy atom. The molecule has 0 spiro atoms. The fourth-order valence-corrected chi connectivity index (χ4v) is 2.36. The molecule has 1 aromatic heterocycles. The molecule has 120 valence electrons. The van der Waals surface area contributed by atoms with Gasteiger partial charge in [0.15, 0.2) is 0 Å². The number of aryl methyl sites for hydroxylation is 1. The van der Waals surface area contributed by atoms with Crippen LogP contribution in [0.15, 0.2) is 29.4 Å². The lowest BCUT2D eigenvalue weighted by atomic mass is 10.1. The van der Waals surface area contributed by atoms with Crippen LogP contribution in [-0.4, -0.2) is 37.0 Å². The van der Waals surface area contributed by atoms with Gasteiger partial charge in [-0.15, -0.1) is 5.10 Å². The van der Waals surface area contributed by atoms with Gasteiger partial charge < -0.3 is 10.8 Å². The molecule has 0 aliphatic rings. The minimum absolute atomic E-state index is 0.185. The topological polar surface area (TPSA) is 107 Å². The van der Waals surface area contributed by atoms with Crippen LogP contribution in [0.2, 0.25) is 0 Å². The monoisotopic (exact) mass is 323 g/mol. The van der Waals surface area contributed by atoms with Crippen LogP contribution in [0.3, 0.4) is 0 Å². The second kappa shape index (κ2) is 9.91. The molecule has 0 radical (unpaired) electrons. The maximum absolute atomic E-state index is 10.3. The number of nitrogens with two attached hydrogens (primary N) is 1. The predicted octanol–water partition coefficient (Wildman–Crippen LogP) is 1.58. The highest BCUT2D eigenvalue weighted by Gasteiger charge is 2.08. The van der Waals surface area contributed by atoms with E-state index in [4.69, 9.17) is 10.8 Å². The van der Waals surface area contributed by atoms with Crippen LogP contribution in [0, 0.1) is 0 Å². The van der Waals surface area contributed by atoms with Crippen LogP contribution in [0.5, 0.6) is 0 Å². The van der Waals surface area contributed by atoms with Crippen molar-refractivity contribution in [3.63, 3.8) is 0 Å². The number of aromatic nitrogens is 4. The standard InChI is InChI=1S/C9H13N.C5H8N4O2S/c1-2-8-5-3-4-6-9(8)7-10;1-2-12-5-6-7-8-9(5)3-4(10)11/h3-6H,2,7,10H2,1H3;2-3H2,1H3,(H,10,11). The zero-order chi connectivity index (χ0) is 16.4. The smallest absolute Gasteiger partial charge is 0.325 e. The van der Waals surface area contributed by atoms with Crippen LogP contribution in [-0.2, 0) is 24.3 Å². The van der Waals surface area contributed by atoms with Gasteiger partial charge in [0.1, 0.15) is 6.54 Å². The summed E-state index contributed by atoms with van der Waals surface area (Å²) in [7, 11) is 0. The van der Waals surface area contributed by atoms with Crippen molar-refractivity contribution in [1.82, 2.24) is 20.2 Å². The first-order valence-electron chi connectivity index (χ1n) is 6.99. The highest BCUT2D eigenvalue weighted by atomic mass is 32.2. The summed E-state index contributed by atoms with van der Waals surface area (Å²) < 4.78 is 1.26. The van der Waals surface area contributed by atoms with Crippen molar-refractivity contribution in [1.29, 1.82) is 0 Å². The molecule has 7 nitrogen and oxygen atoms in total. The first-order valence-corrected chi connectivity index (χ1v) is 7.98. The number of aliphatic carboxylic acids is 1. The Balaban J connectivity index is 0.000000224. The number of carbonyl (C=O) groups is 1. The number of rotatable bonds is 6. The third kappa shape index (κ3) is 5.82. The Hall–Kier alpha value is -1.93. The van der Waals surface area contributed by atoms with Gasteiger partial charge in [0.05, 0.1) is 0 Å². The van der Waals surface area contributed by atoms with Crippen molar-refractivity contribution < 1.29 is 9.90 Å². The molecule has 0 aliphatic heterocycles. The number of thioether (sulfide) groups is 1. The molecule has 1 aromatic carbocycles. The van der Waals surface area contributed by atoms with E-state index in [-0.39, 0.29) is 6.54 Å². The van der Waals surface area contributed by atoms with Crippen LogP contribution in [0.1, 0.15) is 25.0 Å². The first kappa shape index (κ1) is 18.1. The molecular formula is C14H21N5O2S. The highest BCUT2D eigenvalue weighted by molar-refractivity contribution is 7.99. The highest BCUT2D eigenvalue weighted by Crippen LogP contribution is 2.11. The lowest BCUT2D eigenvalue weighted by molar-refractivity contribution is -0.138. The van der Waals surface area contributed by atoms with Crippen LogP contribution in [0.4, 0.5) is 0 Å². The van der Waals surface area contributed by atoms with E-state index in [2.05, 4.69) is 40.6 Å². The molecule has 0 saturated carbocycles. The summed E-state index contributed by atoms with van der Waals surface area (Å²) in [5.41, 5.74) is 8.16. The average molecular weight is 323 g/mol. The fourth-order valence-electron chi connectivity index (χ4n) is 1.76. The number of carboxylic acids is 1. The largest absolute Gasteiger partial charge is 0.480 e. The molecule has 3 N–H and O–H groups in total. The molecule has 2 aromatic rings. The maximum atomic E-state index is 10.3. The van der Waals surface area contributed by atoms with E-state index < -0.39 is 5.97 Å². The molecule has 8 heteroatoms. The second-order valence-corrected chi connectivity index (χ2v) is 5.50. The predicted molar refractivity (Wildman–Crippen MR) is 85.6 cm³/mol. The Morgan fingerprint density at radius 1 is 1.32 bits per heavy atom. The van der Waals surface area contributed by atoms with Crippen molar-refractivity contribution >= 4 is 17.7 Å². The zero-order valence-corrected chi connectivity index (χ0v) is 13.6. The Bertz CT molecular complexity index is 565. The van der Waals surface area contributed by atoms with Crippen molar-refractivity contribution in [2.75, 3.05) is 5.75 Å². The molecule has 0 saturated heterocycles. The van der Waals surface area contributed by atoms with Gasteiger partial charge in [-0.2, -0.15) is 0 Å². The van der Waals surface area contributed by atoms with Gasteiger partial charge in [-0.05, 0) is 33.7 Å². The van der Waals surface area contributed by atoms with Gasteiger partial charge in [-0.3, -0.25) is 4.79 Å². The number of benzene rings is 1. The van der Waals surface area contributed by atoms with E-state index >= 15 is 0 Å². The van der Waals surface area contributed by atoms with Crippen molar-refractivity contribution in [2.24, 2.45) is 5.73 Å². The van der Waals surface area contributed by atoms with Crippen LogP contribution in [0.25, 0.3) is 0 Å². The van der Waals surface area contributed by atoms with E-state index in [1.807, 2.05) is 13.0 Å². The van der Waals surface area contributed by atoms with E-state index in [1.165, 1.54) is 27.6 Å². The molecule has 1 heterocycles. The molecule has 0 aliphatic carbocycles. The number of nitrogens with zero attached hydrogens (tertiary/aromatic N) is 4. The van der Waals surface area contributed by atoms with Crippen molar-refractivity contribution in [2.45, 2.75) is 38.5 Å². The van der Waals surface area contributed by atoms with E-state index in [0.29, 0.717) is 11.7 Å². The van der Waals surface area contributed by atoms with E-state index in [1.54, 1.807) is 0 Å². The van der Waals surface area contributed by atoms with Crippen LogP contribution >= 0.6 is 11.8 Å². The SMILES string of the molecule is CCSc1nnnn1CC(=O)O.CCc1ccccc1CN. The molecule has 22 heavy (non-hydrogen) atoms. The lowest BCUT2D eigenvalue weighted by Gasteiger charge is -2.02. The molecule has 0 bridgehead atoms. The summed E-state index contributed by atoms with van der Waals surface area (Å²) in [5.74, 6) is -0.125. The number of tetrazole rings is 1. The normalized spacial score (nSPS) is 9.95. The molecule has 0 fully saturated rings. The summed E-state index contributed by atoms with van der Waals surface area (Å²) in [4.78, 5) is 10.3. The summed E-state index contributed by atoms with van der Waals surface area (Å²) in [6.45, 7) is 4.57. The lowest BCUT2D eigenvalue weighted by Crippen LogP contribution is -2.11. The Labute approximate surface area is 133 Å². The summed E-state index contributed by atoms with van der Waals surface area (Å²) >= 11 is 1.41. The van der Waals surface area contributed by atoms with Gasteiger partial charge in [-0.1, -0.05) is 49.9 Å². The minimum Gasteiger partial charge on any atom is -0.480 e. The number of carboxylic acid groups (broad SMARTS) is 1. The number of hydrogen-bond acceptors (Lipinski definition) is 6. The van der Waals surface area contributed by atoms with Crippen molar-refractivity contribution in [3.05, 3.63) is 35.4 Å². The van der Waals surface area contributed by atoms with Crippen molar-refractivity contribution in [3.8, 4) is 0 Å². The Morgan fingerprint density at radius 3 is 2.50 bits per heavy atom. The number of hydrogen-bond donors (Lipinski definition) is 2. The average Bonchev–Trinajstić information content (AvgIpc) is 2.94. The van der Waals surface area contributed by atoms with Gasteiger partial charge in [0.25, 0.3) is 0 Å². The van der Waals surface area contributed by atoms with Gasteiger partial charge >= 0.3 is 5.97 Å². The second-order valence-electron chi connectivity index (χ2n) is 4.27. The minimum atomic E-state index is -0.944. The Kier molecular flexibility index (Phi) is 8.16. The van der Waals surface area contributed by atoms with Gasteiger partial charge in [-0.25, -0.2) is 4.68 Å². The molecule has 0 atom stereocenters. The zero-order valence-electron chi connectivity index (χ0n) is 12.8.